The van der Waals surface area contributed by atoms with Crippen molar-refractivity contribution in [1.82, 2.24) is 15.6 Å². The molecular formula is C20H28N4OS. The first-order valence-electron chi connectivity index (χ1n) is 9.30. The molecule has 3 N–H and O–H groups in total. The molecule has 0 saturated heterocycles. The first-order valence-corrected chi connectivity index (χ1v) is 10.2. The Bertz CT molecular complexity index is 782. The molecule has 0 atom stereocenters. The maximum Gasteiger partial charge on any atom is 0.191 e. The van der Waals surface area contributed by atoms with Crippen LogP contribution in [0.4, 0.5) is 0 Å². The third-order valence-electron chi connectivity index (χ3n) is 4.85. The fraction of sp³-hybridized carbons (Fsp3) is 0.500. The van der Waals surface area contributed by atoms with Crippen LogP contribution in [0.15, 0.2) is 22.5 Å². The van der Waals surface area contributed by atoms with Crippen molar-refractivity contribution in [2.45, 2.75) is 58.5 Å². The molecule has 1 aromatic carbocycles. The Morgan fingerprint density at radius 1 is 1.23 bits per heavy atom. The largest absolute Gasteiger partial charge is 0.508 e. The predicted molar refractivity (Wildman–Crippen MR) is 108 cm³/mol. The number of rotatable bonds is 5. The van der Waals surface area contributed by atoms with Crippen LogP contribution < -0.4 is 10.6 Å². The summed E-state index contributed by atoms with van der Waals surface area (Å²) in [4.78, 5) is 8.93. The quantitative estimate of drug-likeness (QED) is 0.553. The topological polar surface area (TPSA) is 69.5 Å². The van der Waals surface area contributed by atoms with E-state index < -0.39 is 0 Å². The molecule has 1 heterocycles. The van der Waals surface area contributed by atoms with E-state index in [4.69, 9.17) is 0 Å². The van der Waals surface area contributed by atoms with Gasteiger partial charge in [-0.1, -0.05) is 19.9 Å². The minimum atomic E-state index is 0.370. The first-order chi connectivity index (χ1) is 12.6. The SMILES string of the molecule is CN=C(NCc1nc(C(C)C)cs1)NCc1c(O)ccc2c1CCCC2. The maximum absolute atomic E-state index is 10.3. The van der Waals surface area contributed by atoms with Gasteiger partial charge in [0.05, 0.1) is 12.2 Å². The molecule has 0 bridgehead atoms. The number of phenolic OH excluding ortho intramolecular Hbond substituents is 1. The zero-order valence-electron chi connectivity index (χ0n) is 15.8. The number of aromatic nitrogens is 1. The molecule has 3 rings (SSSR count). The molecule has 0 aliphatic heterocycles. The van der Waals surface area contributed by atoms with Crippen molar-refractivity contribution in [1.29, 1.82) is 0 Å². The monoisotopic (exact) mass is 372 g/mol. The van der Waals surface area contributed by atoms with Crippen molar-refractivity contribution in [2.24, 2.45) is 4.99 Å². The fourth-order valence-electron chi connectivity index (χ4n) is 3.31. The lowest BCUT2D eigenvalue weighted by atomic mass is 9.88. The second kappa shape index (κ2) is 8.54. The molecule has 0 fully saturated rings. The first kappa shape index (κ1) is 18.7. The number of nitrogens with zero attached hydrogens (tertiary/aromatic N) is 2. The summed E-state index contributed by atoms with van der Waals surface area (Å²) in [5.74, 6) is 1.54. The van der Waals surface area contributed by atoms with E-state index in [1.807, 2.05) is 6.07 Å². The molecule has 5 nitrogen and oxygen atoms in total. The highest BCUT2D eigenvalue weighted by atomic mass is 32.1. The maximum atomic E-state index is 10.3. The van der Waals surface area contributed by atoms with Crippen LogP contribution in [0.5, 0.6) is 5.75 Å². The third kappa shape index (κ3) is 4.36. The van der Waals surface area contributed by atoms with Crippen molar-refractivity contribution in [3.8, 4) is 5.75 Å². The minimum absolute atomic E-state index is 0.370. The highest BCUT2D eigenvalue weighted by Gasteiger charge is 2.16. The van der Waals surface area contributed by atoms with Crippen LogP contribution in [-0.2, 0) is 25.9 Å². The lowest BCUT2D eigenvalue weighted by Crippen LogP contribution is -2.36. The van der Waals surface area contributed by atoms with Crippen LogP contribution in [0.3, 0.4) is 0 Å². The highest BCUT2D eigenvalue weighted by molar-refractivity contribution is 7.09. The number of fused-ring (bicyclic) bond motifs is 1. The van der Waals surface area contributed by atoms with Crippen molar-refractivity contribution >= 4 is 17.3 Å². The Morgan fingerprint density at radius 2 is 2.00 bits per heavy atom. The number of phenols is 1. The van der Waals surface area contributed by atoms with E-state index in [0.717, 1.165) is 35.1 Å². The van der Waals surface area contributed by atoms with Gasteiger partial charge in [-0.3, -0.25) is 4.99 Å². The Hall–Kier alpha value is -2.08. The number of hydrogen-bond acceptors (Lipinski definition) is 4. The van der Waals surface area contributed by atoms with Crippen LogP contribution in [-0.4, -0.2) is 23.1 Å². The molecule has 0 radical (unpaired) electrons. The van der Waals surface area contributed by atoms with Crippen LogP contribution in [0.1, 0.15) is 60.0 Å². The number of benzene rings is 1. The van der Waals surface area contributed by atoms with Gasteiger partial charge in [-0.2, -0.15) is 0 Å². The van der Waals surface area contributed by atoms with Crippen molar-refractivity contribution in [3.05, 3.63) is 44.9 Å². The number of guanidine groups is 1. The average molecular weight is 373 g/mol. The lowest BCUT2D eigenvalue weighted by molar-refractivity contribution is 0.464. The molecule has 1 aromatic heterocycles. The number of aromatic hydroxyl groups is 1. The van der Waals surface area contributed by atoms with E-state index in [2.05, 4.69) is 45.9 Å². The van der Waals surface area contributed by atoms with Crippen LogP contribution in [0.25, 0.3) is 0 Å². The zero-order chi connectivity index (χ0) is 18.5. The van der Waals surface area contributed by atoms with Crippen LogP contribution in [0.2, 0.25) is 0 Å². The summed E-state index contributed by atoms with van der Waals surface area (Å²) >= 11 is 1.67. The number of nitrogens with one attached hydrogen (secondary N) is 2. The second-order valence-electron chi connectivity index (χ2n) is 7.01. The molecule has 2 aromatic rings. The van der Waals surface area contributed by atoms with Gasteiger partial charge >= 0.3 is 0 Å². The lowest BCUT2D eigenvalue weighted by Gasteiger charge is -2.21. The molecule has 26 heavy (non-hydrogen) atoms. The summed E-state index contributed by atoms with van der Waals surface area (Å²) in [6.07, 6.45) is 4.58. The van der Waals surface area contributed by atoms with Crippen LogP contribution in [0, 0.1) is 0 Å². The van der Waals surface area contributed by atoms with Crippen molar-refractivity contribution in [2.75, 3.05) is 7.05 Å². The Morgan fingerprint density at radius 3 is 2.73 bits per heavy atom. The van der Waals surface area contributed by atoms with E-state index in [1.54, 1.807) is 18.4 Å². The fourth-order valence-corrected chi connectivity index (χ4v) is 4.21. The van der Waals surface area contributed by atoms with Gasteiger partial charge in [0.25, 0.3) is 0 Å². The number of hydrogen-bond donors (Lipinski definition) is 3. The van der Waals surface area contributed by atoms with Gasteiger partial charge in [-0.15, -0.1) is 11.3 Å². The van der Waals surface area contributed by atoms with E-state index in [-0.39, 0.29) is 0 Å². The summed E-state index contributed by atoms with van der Waals surface area (Å²) < 4.78 is 0. The Labute approximate surface area is 159 Å². The number of aryl methyl sites for hydroxylation is 1. The van der Waals surface area contributed by atoms with Gasteiger partial charge in [-0.05, 0) is 48.8 Å². The van der Waals surface area contributed by atoms with Crippen molar-refractivity contribution in [3.63, 3.8) is 0 Å². The molecule has 1 aliphatic carbocycles. The summed E-state index contributed by atoms with van der Waals surface area (Å²) in [6.45, 7) is 5.53. The molecule has 6 heteroatoms. The highest BCUT2D eigenvalue weighted by Crippen LogP contribution is 2.30. The third-order valence-corrected chi connectivity index (χ3v) is 5.72. The number of thiazole rings is 1. The molecule has 0 unspecified atom stereocenters. The molecule has 0 spiro atoms. The van der Waals surface area contributed by atoms with E-state index in [1.165, 1.54) is 24.0 Å². The Balaban J connectivity index is 1.61. The van der Waals surface area contributed by atoms with Crippen LogP contribution >= 0.6 is 11.3 Å². The smallest absolute Gasteiger partial charge is 0.191 e. The minimum Gasteiger partial charge on any atom is -0.508 e. The zero-order valence-corrected chi connectivity index (χ0v) is 16.6. The molecule has 0 saturated carbocycles. The van der Waals surface area contributed by atoms with Crippen molar-refractivity contribution < 1.29 is 5.11 Å². The predicted octanol–water partition coefficient (Wildman–Crippen LogP) is 3.72. The van der Waals surface area contributed by atoms with Gasteiger partial charge in [-0.25, -0.2) is 4.98 Å². The normalized spacial score (nSPS) is 14.4. The summed E-state index contributed by atoms with van der Waals surface area (Å²) in [6, 6.07) is 3.88. The van der Waals surface area contributed by atoms with E-state index in [0.29, 0.717) is 24.8 Å². The summed E-state index contributed by atoms with van der Waals surface area (Å²) in [7, 11) is 1.76. The van der Waals surface area contributed by atoms with Gasteiger partial charge < -0.3 is 15.7 Å². The average Bonchev–Trinajstić information content (AvgIpc) is 3.12. The van der Waals surface area contributed by atoms with Gasteiger partial charge in [0.2, 0.25) is 0 Å². The standard InChI is InChI=1S/C20H28N4OS/c1-13(2)17-12-26-19(24-17)11-23-20(21-3)22-10-16-15-7-5-4-6-14(15)8-9-18(16)25/h8-9,12-13,25H,4-7,10-11H2,1-3H3,(H2,21,22,23). The Kier molecular flexibility index (Phi) is 6.14. The van der Waals surface area contributed by atoms with Gasteiger partial charge in [0, 0.05) is 24.5 Å². The molecular weight excluding hydrogens is 344 g/mol. The summed E-state index contributed by atoms with van der Waals surface area (Å²) in [5.41, 5.74) is 4.82. The van der Waals surface area contributed by atoms with Gasteiger partial charge in [0.1, 0.15) is 10.8 Å². The molecule has 0 amide bonds. The number of aliphatic imine (C=N–C) groups is 1. The van der Waals surface area contributed by atoms with E-state index >= 15 is 0 Å². The molecule has 1 aliphatic rings. The second-order valence-corrected chi connectivity index (χ2v) is 7.95. The summed E-state index contributed by atoms with van der Waals surface area (Å²) in [5, 5.41) is 20.1. The molecule has 140 valence electrons. The van der Waals surface area contributed by atoms with E-state index in [9.17, 15) is 5.11 Å². The van der Waals surface area contributed by atoms with Gasteiger partial charge in [0.15, 0.2) is 5.96 Å².